The van der Waals surface area contributed by atoms with Crippen LogP contribution in [0.3, 0.4) is 0 Å². The molecule has 0 saturated carbocycles. The Kier molecular flexibility index (Phi) is 10.5. The van der Waals surface area contributed by atoms with E-state index in [1.165, 1.54) is 0 Å². The van der Waals surface area contributed by atoms with Crippen molar-refractivity contribution in [2.24, 2.45) is 0 Å². The number of alkyl carbamates (subject to hydrolysis) is 1. The molecule has 40 heavy (non-hydrogen) atoms. The zero-order chi connectivity index (χ0) is 29.5. The summed E-state index contributed by atoms with van der Waals surface area (Å²) >= 11 is 0. The average molecular weight is 583 g/mol. The van der Waals surface area contributed by atoms with Crippen LogP contribution in [-0.2, 0) is 39.6 Å². The molecule has 2 heterocycles. The van der Waals surface area contributed by atoms with Crippen molar-refractivity contribution >= 4 is 33.9 Å². The summed E-state index contributed by atoms with van der Waals surface area (Å²) in [5.41, 5.74) is -0.281. The molecule has 13 nitrogen and oxygen atoms in total. The third-order valence-corrected chi connectivity index (χ3v) is 7.78. The lowest BCUT2D eigenvalue weighted by atomic mass is 10.1. The van der Waals surface area contributed by atoms with Crippen molar-refractivity contribution in [3.8, 4) is 0 Å². The minimum atomic E-state index is -4.05. The van der Waals surface area contributed by atoms with Crippen LogP contribution in [0.5, 0.6) is 0 Å². The van der Waals surface area contributed by atoms with Crippen LogP contribution in [0.4, 0.5) is 4.79 Å². The number of aliphatic carboxylic acids is 1. The predicted molar refractivity (Wildman–Crippen MR) is 144 cm³/mol. The van der Waals surface area contributed by atoms with Gasteiger partial charge < -0.3 is 29.7 Å². The van der Waals surface area contributed by atoms with Crippen molar-refractivity contribution < 1.29 is 42.2 Å². The van der Waals surface area contributed by atoms with Gasteiger partial charge in [-0.15, -0.1) is 0 Å². The van der Waals surface area contributed by atoms with Crippen molar-refractivity contribution in [1.29, 1.82) is 0 Å². The Bertz CT molecular complexity index is 1160. The molecule has 1 aromatic carbocycles. The van der Waals surface area contributed by atoms with Gasteiger partial charge in [-0.1, -0.05) is 30.3 Å². The third-order valence-electron chi connectivity index (χ3n) is 6.42. The molecule has 0 bridgehead atoms. The van der Waals surface area contributed by atoms with E-state index in [0.717, 1.165) is 4.90 Å². The Balaban J connectivity index is 1.77. The number of hydrogen-bond acceptors (Lipinski definition) is 8. The smallest absolute Gasteiger partial charge is 0.407 e. The molecule has 0 radical (unpaired) electrons. The van der Waals surface area contributed by atoms with Crippen molar-refractivity contribution in [3.63, 3.8) is 0 Å². The Morgan fingerprint density at radius 1 is 1.12 bits per heavy atom. The number of carboxylic acid groups (broad SMARTS) is 1. The second kappa shape index (κ2) is 13.4. The van der Waals surface area contributed by atoms with Gasteiger partial charge in [0.2, 0.25) is 21.8 Å². The SMILES string of the molecule is CC(C)(C)OC(=O)N[C@@H]1CC(C(=O)O)N(C(=O)[C@@H](CCC(=O)N2CCOCC2)NS(=O)(=O)Cc2ccccc2)C1. The van der Waals surface area contributed by atoms with Gasteiger partial charge in [0.05, 0.1) is 25.0 Å². The van der Waals surface area contributed by atoms with Gasteiger partial charge in [0.15, 0.2) is 0 Å². The fourth-order valence-corrected chi connectivity index (χ4v) is 5.98. The van der Waals surface area contributed by atoms with Crippen LogP contribution < -0.4 is 10.0 Å². The minimum absolute atomic E-state index is 0.0868. The molecule has 2 fully saturated rings. The fourth-order valence-electron chi connectivity index (χ4n) is 4.62. The van der Waals surface area contributed by atoms with E-state index < -0.39 is 57.5 Å². The number of carboxylic acids is 1. The van der Waals surface area contributed by atoms with Gasteiger partial charge in [0, 0.05) is 32.5 Å². The van der Waals surface area contributed by atoms with Gasteiger partial charge in [-0.3, -0.25) is 9.59 Å². The number of nitrogens with zero attached hydrogens (tertiary/aromatic N) is 2. The van der Waals surface area contributed by atoms with E-state index in [4.69, 9.17) is 9.47 Å². The first kappa shape index (κ1) is 31.3. The summed E-state index contributed by atoms with van der Waals surface area (Å²) in [4.78, 5) is 53.4. The fraction of sp³-hybridized carbons (Fsp3) is 0.615. The second-order valence-corrected chi connectivity index (χ2v) is 12.6. The highest BCUT2D eigenvalue weighted by molar-refractivity contribution is 7.88. The minimum Gasteiger partial charge on any atom is -0.480 e. The molecule has 2 aliphatic rings. The maximum atomic E-state index is 13.7. The summed E-state index contributed by atoms with van der Waals surface area (Å²) in [6.07, 6.45) is -1.14. The first-order valence-corrected chi connectivity index (χ1v) is 14.8. The molecule has 3 rings (SSSR count). The van der Waals surface area contributed by atoms with Crippen LogP contribution in [-0.4, -0.2) is 104 Å². The monoisotopic (exact) mass is 582 g/mol. The lowest BCUT2D eigenvalue weighted by molar-refractivity contribution is -0.149. The largest absolute Gasteiger partial charge is 0.480 e. The molecular weight excluding hydrogens is 544 g/mol. The maximum Gasteiger partial charge on any atom is 0.407 e. The maximum absolute atomic E-state index is 13.7. The van der Waals surface area contributed by atoms with Gasteiger partial charge in [0.25, 0.3) is 0 Å². The van der Waals surface area contributed by atoms with Gasteiger partial charge >= 0.3 is 12.1 Å². The topological polar surface area (TPSA) is 172 Å². The number of carbonyl (C=O) groups is 4. The second-order valence-electron chi connectivity index (χ2n) is 10.9. The van der Waals surface area contributed by atoms with E-state index in [1.807, 2.05) is 0 Å². The number of ether oxygens (including phenoxy) is 2. The van der Waals surface area contributed by atoms with Crippen LogP contribution in [0, 0.1) is 0 Å². The molecule has 0 aliphatic carbocycles. The number of benzene rings is 1. The average Bonchev–Trinajstić information content (AvgIpc) is 3.29. The molecule has 3 atom stereocenters. The number of amides is 3. The van der Waals surface area contributed by atoms with Gasteiger partial charge in [0.1, 0.15) is 17.7 Å². The zero-order valence-corrected chi connectivity index (χ0v) is 23.8. The number of hydrogen-bond donors (Lipinski definition) is 3. The molecule has 2 saturated heterocycles. The van der Waals surface area contributed by atoms with Crippen molar-refractivity contribution in [2.45, 2.75) is 69.5 Å². The molecule has 1 aromatic rings. The number of sulfonamides is 1. The number of nitrogens with one attached hydrogen (secondary N) is 2. The molecule has 14 heteroatoms. The van der Waals surface area contributed by atoms with Crippen LogP contribution in [0.2, 0.25) is 0 Å². The Morgan fingerprint density at radius 3 is 2.38 bits per heavy atom. The first-order chi connectivity index (χ1) is 18.7. The van der Waals surface area contributed by atoms with Crippen LogP contribution in [0.15, 0.2) is 30.3 Å². The van der Waals surface area contributed by atoms with E-state index >= 15 is 0 Å². The highest BCUT2D eigenvalue weighted by atomic mass is 32.2. The van der Waals surface area contributed by atoms with E-state index in [1.54, 1.807) is 56.0 Å². The Labute approximate surface area is 234 Å². The molecular formula is C26H38N4O9S. The van der Waals surface area contributed by atoms with Gasteiger partial charge in [-0.25, -0.2) is 22.7 Å². The third kappa shape index (κ3) is 9.45. The predicted octanol–water partition coefficient (Wildman–Crippen LogP) is 0.692. The zero-order valence-electron chi connectivity index (χ0n) is 23.0. The molecule has 3 amide bonds. The van der Waals surface area contributed by atoms with E-state index in [0.29, 0.717) is 31.9 Å². The molecule has 0 aromatic heterocycles. The van der Waals surface area contributed by atoms with Crippen LogP contribution in [0.1, 0.15) is 45.6 Å². The molecule has 1 unspecified atom stereocenters. The lowest BCUT2D eigenvalue weighted by Crippen LogP contribution is -2.52. The summed E-state index contributed by atoms with van der Waals surface area (Å²) < 4.78 is 39.0. The Hall–Kier alpha value is -3.23. The summed E-state index contributed by atoms with van der Waals surface area (Å²) in [5.74, 6) is -2.74. The number of morpholine rings is 1. The molecule has 2 aliphatic heterocycles. The Morgan fingerprint density at radius 2 is 1.77 bits per heavy atom. The normalized spacial score (nSPS) is 20.6. The van der Waals surface area contributed by atoms with Crippen LogP contribution in [0.25, 0.3) is 0 Å². The molecule has 3 N–H and O–H groups in total. The van der Waals surface area contributed by atoms with Gasteiger partial charge in [-0.2, -0.15) is 0 Å². The quantitative estimate of drug-likeness (QED) is 0.359. The summed E-state index contributed by atoms with van der Waals surface area (Å²) in [7, 11) is -4.05. The standard InChI is InChI=1S/C26H38N4O9S/c1-26(2,3)39-25(35)27-19-15-21(24(33)34)30(16-19)23(32)20(9-10-22(31)29-11-13-38-14-12-29)28-40(36,37)17-18-7-5-4-6-8-18/h4-8,19-21,28H,9-17H2,1-3H3,(H,27,35)(H,33,34)/t19-,20-,21?/m1/s1. The lowest BCUT2D eigenvalue weighted by Gasteiger charge is -2.29. The summed E-state index contributed by atoms with van der Waals surface area (Å²) in [6, 6.07) is 4.97. The summed E-state index contributed by atoms with van der Waals surface area (Å²) in [5, 5.41) is 12.4. The number of likely N-dealkylation sites (tertiary alicyclic amines) is 1. The highest BCUT2D eigenvalue weighted by Gasteiger charge is 2.43. The van der Waals surface area contributed by atoms with Gasteiger partial charge in [-0.05, 0) is 32.8 Å². The molecule has 222 valence electrons. The van der Waals surface area contributed by atoms with E-state index in [-0.39, 0.29) is 31.7 Å². The highest BCUT2D eigenvalue weighted by Crippen LogP contribution is 2.22. The number of rotatable bonds is 10. The molecule has 0 spiro atoms. The van der Waals surface area contributed by atoms with E-state index in [9.17, 15) is 32.7 Å². The van der Waals surface area contributed by atoms with Crippen molar-refractivity contribution in [2.75, 3.05) is 32.8 Å². The summed E-state index contributed by atoms with van der Waals surface area (Å²) in [6.45, 7) is 6.44. The van der Waals surface area contributed by atoms with Crippen LogP contribution >= 0.6 is 0 Å². The van der Waals surface area contributed by atoms with Crippen molar-refractivity contribution in [1.82, 2.24) is 19.8 Å². The first-order valence-electron chi connectivity index (χ1n) is 13.2. The van der Waals surface area contributed by atoms with Crippen molar-refractivity contribution in [3.05, 3.63) is 35.9 Å². The number of carbonyl (C=O) groups excluding carboxylic acids is 3. The van der Waals surface area contributed by atoms with E-state index in [2.05, 4.69) is 10.0 Å².